The topological polar surface area (TPSA) is 307 Å². The summed E-state index contributed by atoms with van der Waals surface area (Å²) >= 11 is 0. The summed E-state index contributed by atoms with van der Waals surface area (Å²) in [7, 11) is 0. The van der Waals surface area contributed by atoms with Crippen molar-refractivity contribution in [3.8, 4) is 0 Å². The molecule has 17 unspecified atom stereocenters. The highest BCUT2D eigenvalue weighted by molar-refractivity contribution is 5.76. The van der Waals surface area contributed by atoms with Gasteiger partial charge in [0.25, 0.3) is 0 Å². The minimum absolute atomic E-state index is 0.237. The summed E-state index contributed by atoms with van der Waals surface area (Å²) in [6.45, 7) is 1.82. The number of ether oxygens (including phenoxy) is 6. The van der Waals surface area contributed by atoms with Crippen molar-refractivity contribution in [3.05, 3.63) is 12.2 Å². The van der Waals surface area contributed by atoms with E-state index in [0.717, 1.165) is 44.9 Å². The predicted octanol–water partition coefficient (Wildman–Crippen LogP) is 13.2. The molecule has 3 fully saturated rings. The third-order valence-corrected chi connectivity index (χ3v) is 20.6. The lowest BCUT2D eigenvalue weighted by molar-refractivity contribution is -0.379. The third-order valence-electron chi connectivity index (χ3n) is 20.6. The molecule has 12 N–H and O–H groups in total. The molecular formula is C78H149NO18. The largest absolute Gasteiger partial charge is 0.394 e. The molecule has 0 aromatic carbocycles. The van der Waals surface area contributed by atoms with E-state index < -0.39 is 124 Å². The van der Waals surface area contributed by atoms with E-state index in [9.17, 15) is 61.0 Å². The smallest absolute Gasteiger partial charge is 0.220 e. The Labute approximate surface area is 588 Å². The second kappa shape index (κ2) is 59.9. The van der Waals surface area contributed by atoms with Crippen LogP contribution in [0.2, 0.25) is 0 Å². The molecule has 3 saturated heterocycles. The van der Waals surface area contributed by atoms with E-state index in [4.69, 9.17) is 28.4 Å². The van der Waals surface area contributed by atoms with Gasteiger partial charge < -0.3 is 89.9 Å². The summed E-state index contributed by atoms with van der Waals surface area (Å²) in [5.74, 6) is -0.237. The van der Waals surface area contributed by atoms with Gasteiger partial charge in [-0.05, 0) is 38.5 Å². The van der Waals surface area contributed by atoms with Gasteiger partial charge in [0.15, 0.2) is 18.9 Å². The Hall–Kier alpha value is -1.47. The van der Waals surface area contributed by atoms with Crippen molar-refractivity contribution in [2.75, 3.05) is 26.4 Å². The van der Waals surface area contributed by atoms with Crippen LogP contribution in [-0.4, -0.2) is 193 Å². The van der Waals surface area contributed by atoms with E-state index in [0.29, 0.717) is 12.8 Å². The van der Waals surface area contributed by atoms with Crippen LogP contribution in [0.3, 0.4) is 0 Å². The highest BCUT2D eigenvalue weighted by Gasteiger charge is 2.54. The van der Waals surface area contributed by atoms with Gasteiger partial charge in [0.05, 0.1) is 38.6 Å². The average Bonchev–Trinajstić information content (AvgIpc) is 0.790. The number of nitrogens with one attached hydrogen (secondary N) is 1. The lowest BCUT2D eigenvalue weighted by Crippen LogP contribution is -2.66. The minimum Gasteiger partial charge on any atom is -0.394 e. The second-order valence-electron chi connectivity index (χ2n) is 29.2. The molecule has 0 bridgehead atoms. The molecule has 17 atom stereocenters. The summed E-state index contributed by atoms with van der Waals surface area (Å²) in [5, 5.41) is 121. The first-order valence-electron chi connectivity index (χ1n) is 40.4. The fraction of sp³-hybridized carbons (Fsp3) is 0.962. The van der Waals surface area contributed by atoms with Crippen molar-refractivity contribution in [3.63, 3.8) is 0 Å². The first-order chi connectivity index (χ1) is 47.3. The number of hydrogen-bond acceptors (Lipinski definition) is 18. The molecule has 0 spiro atoms. The van der Waals surface area contributed by atoms with E-state index in [1.54, 1.807) is 0 Å². The molecule has 3 aliphatic heterocycles. The molecule has 3 heterocycles. The predicted molar refractivity (Wildman–Crippen MR) is 383 cm³/mol. The van der Waals surface area contributed by atoms with Gasteiger partial charge in [-0.25, -0.2) is 0 Å². The summed E-state index contributed by atoms with van der Waals surface area (Å²) in [4.78, 5) is 13.4. The fourth-order valence-electron chi connectivity index (χ4n) is 14.1. The van der Waals surface area contributed by atoms with Crippen molar-refractivity contribution in [2.24, 2.45) is 0 Å². The normalized spacial score (nSPS) is 26.9. The Morgan fingerprint density at radius 2 is 0.649 bits per heavy atom. The molecule has 19 heteroatoms. The first kappa shape index (κ1) is 89.7. The van der Waals surface area contributed by atoms with Crippen LogP contribution in [-0.2, 0) is 33.2 Å². The Kier molecular flexibility index (Phi) is 55.4. The fourth-order valence-corrected chi connectivity index (χ4v) is 14.1. The van der Waals surface area contributed by atoms with E-state index in [2.05, 4.69) is 31.3 Å². The molecule has 0 radical (unpaired) electrons. The third kappa shape index (κ3) is 40.4. The summed E-state index contributed by atoms with van der Waals surface area (Å²) in [5.41, 5.74) is 0. The number of hydrogen-bond donors (Lipinski definition) is 12. The van der Waals surface area contributed by atoms with Crippen molar-refractivity contribution < 1.29 is 89.4 Å². The Morgan fingerprint density at radius 3 is 1.00 bits per heavy atom. The van der Waals surface area contributed by atoms with Crippen LogP contribution >= 0.6 is 0 Å². The van der Waals surface area contributed by atoms with Gasteiger partial charge in [-0.2, -0.15) is 0 Å². The molecule has 0 aliphatic carbocycles. The molecule has 0 saturated carbocycles. The summed E-state index contributed by atoms with van der Waals surface area (Å²) in [6, 6.07) is -0.882. The van der Waals surface area contributed by atoms with E-state index in [-0.39, 0.29) is 18.9 Å². The van der Waals surface area contributed by atoms with Gasteiger partial charge in [0.2, 0.25) is 5.91 Å². The van der Waals surface area contributed by atoms with Crippen LogP contribution in [0.25, 0.3) is 0 Å². The quantitative estimate of drug-likeness (QED) is 0.0199. The number of unbranched alkanes of at least 4 members (excludes halogenated alkanes) is 47. The zero-order valence-corrected chi connectivity index (χ0v) is 61.3. The molecule has 0 aromatic rings. The number of carbonyl (C=O) groups excluding carboxylic acids is 1. The average molecular weight is 1390 g/mol. The molecule has 3 aliphatic rings. The molecule has 19 nitrogen and oxygen atoms in total. The highest BCUT2D eigenvalue weighted by atomic mass is 16.8. The zero-order valence-electron chi connectivity index (χ0n) is 61.3. The van der Waals surface area contributed by atoms with Crippen molar-refractivity contribution in [1.29, 1.82) is 0 Å². The zero-order chi connectivity index (χ0) is 70.4. The molecule has 1 amide bonds. The maximum absolute atomic E-state index is 13.4. The SMILES string of the molecule is CCCCCCCCCC/C=C\CCCCCCCCCCCCCCCCCCCCCCCCCCCCCCCC(=O)NC(COC1OC(CO)C(OC2OC(CO)C(OC3OC(CO)C(O)C(O)C3O)C(O)C2O)C(O)C1O)C(O)CCCCCCCCCCCCC. The summed E-state index contributed by atoms with van der Waals surface area (Å²) in [6.07, 6.45) is 43.7. The molecule has 97 heavy (non-hydrogen) atoms. The van der Waals surface area contributed by atoms with Crippen LogP contribution in [0.15, 0.2) is 12.2 Å². The summed E-state index contributed by atoms with van der Waals surface area (Å²) < 4.78 is 34.4. The molecule has 574 valence electrons. The van der Waals surface area contributed by atoms with Gasteiger partial charge in [0.1, 0.15) is 73.2 Å². The van der Waals surface area contributed by atoms with E-state index in [1.165, 1.54) is 270 Å². The van der Waals surface area contributed by atoms with Crippen LogP contribution in [0.5, 0.6) is 0 Å². The Morgan fingerprint density at radius 1 is 0.361 bits per heavy atom. The van der Waals surface area contributed by atoms with Crippen LogP contribution in [0.1, 0.15) is 348 Å². The number of carbonyl (C=O) groups is 1. The van der Waals surface area contributed by atoms with Crippen molar-refractivity contribution in [2.45, 2.75) is 452 Å². The number of amides is 1. The Bertz CT molecular complexity index is 1800. The lowest BCUT2D eigenvalue weighted by Gasteiger charge is -2.48. The second-order valence-corrected chi connectivity index (χ2v) is 29.2. The van der Waals surface area contributed by atoms with Gasteiger partial charge in [0, 0.05) is 6.42 Å². The number of rotatable bonds is 65. The first-order valence-corrected chi connectivity index (χ1v) is 40.4. The van der Waals surface area contributed by atoms with Crippen molar-refractivity contribution in [1.82, 2.24) is 5.32 Å². The number of allylic oxidation sites excluding steroid dienone is 2. The van der Waals surface area contributed by atoms with E-state index in [1.807, 2.05) is 0 Å². The number of aliphatic hydroxyl groups excluding tert-OH is 11. The van der Waals surface area contributed by atoms with Crippen molar-refractivity contribution >= 4 is 5.91 Å². The van der Waals surface area contributed by atoms with Crippen LogP contribution in [0, 0.1) is 0 Å². The minimum atomic E-state index is -1.97. The Balaban J connectivity index is 1.24. The lowest BCUT2D eigenvalue weighted by atomic mass is 9.96. The van der Waals surface area contributed by atoms with Gasteiger partial charge in [-0.3, -0.25) is 4.79 Å². The molecule has 0 aromatic heterocycles. The van der Waals surface area contributed by atoms with Crippen LogP contribution in [0.4, 0.5) is 0 Å². The van der Waals surface area contributed by atoms with Gasteiger partial charge in [-0.1, -0.05) is 315 Å². The monoisotopic (exact) mass is 1390 g/mol. The maximum atomic E-state index is 13.4. The van der Waals surface area contributed by atoms with Gasteiger partial charge in [-0.15, -0.1) is 0 Å². The highest BCUT2D eigenvalue weighted by Crippen LogP contribution is 2.33. The number of aliphatic hydroxyl groups is 11. The van der Waals surface area contributed by atoms with Crippen LogP contribution < -0.4 is 5.32 Å². The van der Waals surface area contributed by atoms with Gasteiger partial charge >= 0.3 is 0 Å². The standard InChI is InChI=1S/C78H149NO18/c1-3-5-7-9-11-13-15-16-17-18-19-20-21-22-23-24-25-26-27-28-29-30-31-32-33-34-35-36-37-38-39-40-41-42-43-44-46-48-50-52-54-56-66(84)79-61(62(83)55-53-51-49-47-45-14-12-10-8-6-4-2)60-92-76-72(90)69(87)74(64(58-81)94-76)97-78-73(91)70(88)75(65(59-82)95-78)96-77-71(89)68(86)67(85)63(57-80)93-77/h18-19,61-65,67-78,80-83,85-91H,3-17,20-60H2,1-2H3,(H,79,84)/b19-18-. The molecule has 3 rings (SSSR count). The van der Waals surface area contributed by atoms with E-state index >= 15 is 0 Å². The maximum Gasteiger partial charge on any atom is 0.220 e. The molecular weight excluding hydrogens is 1240 g/mol.